The molecule has 11 heteroatoms. The van der Waals surface area contributed by atoms with Gasteiger partial charge in [-0.1, -0.05) is 44.2 Å². The predicted molar refractivity (Wildman–Crippen MR) is 171 cm³/mol. The number of nitrogens with one attached hydrogen (secondary N) is 2. The number of amides is 1. The molecule has 0 unspecified atom stereocenters. The fourth-order valence-electron chi connectivity index (χ4n) is 4.37. The van der Waals surface area contributed by atoms with Gasteiger partial charge in [-0.3, -0.25) is 9.78 Å². The largest absolute Gasteiger partial charge is 0.455 e. The maximum absolute atomic E-state index is 13.3. The second-order valence-corrected chi connectivity index (χ2v) is 14.5. The molecule has 4 aromatic carbocycles. The van der Waals surface area contributed by atoms with Gasteiger partial charge in [0.1, 0.15) is 5.75 Å². The van der Waals surface area contributed by atoms with Crippen molar-refractivity contribution in [3.05, 3.63) is 109 Å². The molecule has 1 amide bonds. The summed E-state index contributed by atoms with van der Waals surface area (Å²) >= 11 is 0. The topological polar surface area (TPSA) is 132 Å². The highest BCUT2D eigenvalue weighted by Crippen LogP contribution is 2.34. The lowest BCUT2D eigenvalue weighted by Crippen LogP contribution is -2.27. The zero-order chi connectivity index (χ0) is 31.5. The van der Waals surface area contributed by atoms with Gasteiger partial charge >= 0.3 is 0 Å². The predicted octanol–water partition coefficient (Wildman–Crippen LogP) is 6.28. The molecule has 0 saturated carbocycles. The van der Waals surface area contributed by atoms with Crippen molar-refractivity contribution in [1.29, 1.82) is 0 Å². The van der Waals surface area contributed by atoms with Gasteiger partial charge in [-0.05, 0) is 83.1 Å². The monoisotopic (exact) mass is 629 g/mol. The summed E-state index contributed by atoms with van der Waals surface area (Å²) in [7, 11) is -7.16. The van der Waals surface area contributed by atoms with Gasteiger partial charge in [-0.2, -0.15) is 0 Å². The summed E-state index contributed by atoms with van der Waals surface area (Å²) in [5, 5.41) is 4.63. The van der Waals surface area contributed by atoms with E-state index in [0.29, 0.717) is 17.9 Å². The Balaban J connectivity index is 1.36. The van der Waals surface area contributed by atoms with Crippen LogP contribution < -0.4 is 14.8 Å². The number of carbonyl (C=O) groups is 1. The standard InChI is InChI=1S/C33H31N3O6S2/c1-22(2)20-35-44(40,41)29-12-9-24(10-13-29)23-4-6-26(7-5-23)33(37)36-31-19-30(43(3,38)39)14-15-32(31)42-28-11-8-25-16-17-34-21-27(25)18-28/h4-19,21-22,35H,20H2,1-3H3,(H,36,37). The molecule has 0 aliphatic carbocycles. The van der Waals surface area contributed by atoms with E-state index in [1.807, 2.05) is 26.0 Å². The van der Waals surface area contributed by atoms with Gasteiger partial charge < -0.3 is 10.1 Å². The number of nitrogens with zero attached hydrogens (tertiary/aromatic N) is 1. The van der Waals surface area contributed by atoms with Crippen molar-refractivity contribution >= 4 is 42.2 Å². The molecule has 0 saturated heterocycles. The van der Waals surface area contributed by atoms with Crippen LogP contribution in [-0.2, 0) is 19.9 Å². The first-order chi connectivity index (χ1) is 20.9. The van der Waals surface area contributed by atoms with Crippen LogP contribution in [0.5, 0.6) is 11.5 Å². The van der Waals surface area contributed by atoms with Gasteiger partial charge in [0.2, 0.25) is 10.0 Å². The third-order valence-electron chi connectivity index (χ3n) is 6.79. The number of hydrogen-bond acceptors (Lipinski definition) is 7. The SMILES string of the molecule is CC(C)CNS(=O)(=O)c1ccc(-c2ccc(C(=O)Nc3cc(S(C)(=O)=O)ccc3Oc3ccc4ccncc4c3)cc2)cc1. The first-order valence-electron chi connectivity index (χ1n) is 13.8. The molecule has 0 aliphatic heterocycles. The molecule has 1 heterocycles. The van der Waals surface area contributed by atoms with E-state index in [1.165, 1.54) is 18.2 Å². The molecular weight excluding hydrogens is 599 g/mol. The molecule has 5 aromatic rings. The Hall–Kier alpha value is -4.58. The molecule has 0 radical (unpaired) electrons. The minimum Gasteiger partial charge on any atom is -0.455 e. The van der Waals surface area contributed by atoms with Crippen LogP contribution in [0.1, 0.15) is 24.2 Å². The van der Waals surface area contributed by atoms with Crippen molar-refractivity contribution in [3.63, 3.8) is 0 Å². The highest BCUT2D eigenvalue weighted by Gasteiger charge is 2.17. The summed E-state index contributed by atoms with van der Waals surface area (Å²) in [5.74, 6) is 0.479. The molecule has 2 N–H and O–H groups in total. The zero-order valence-electron chi connectivity index (χ0n) is 24.3. The van der Waals surface area contributed by atoms with Gasteiger partial charge in [0.25, 0.3) is 5.91 Å². The molecule has 9 nitrogen and oxygen atoms in total. The number of fused-ring (bicyclic) bond motifs is 1. The molecule has 0 bridgehead atoms. The minimum absolute atomic E-state index is 0.0306. The minimum atomic E-state index is -3.60. The van der Waals surface area contributed by atoms with Crippen LogP contribution in [-0.4, -0.2) is 40.5 Å². The van der Waals surface area contributed by atoms with E-state index in [-0.39, 0.29) is 27.1 Å². The molecule has 0 fully saturated rings. The lowest BCUT2D eigenvalue weighted by atomic mass is 10.0. The number of rotatable bonds is 10. The Kier molecular flexibility index (Phi) is 8.82. The summed E-state index contributed by atoms with van der Waals surface area (Å²) in [6.07, 6.45) is 4.50. The highest BCUT2D eigenvalue weighted by molar-refractivity contribution is 7.90. The van der Waals surface area contributed by atoms with Crippen molar-refractivity contribution in [3.8, 4) is 22.6 Å². The first kappa shape index (κ1) is 30.9. The third kappa shape index (κ3) is 7.31. The molecule has 5 rings (SSSR count). The van der Waals surface area contributed by atoms with Gasteiger partial charge in [0, 0.05) is 36.1 Å². The Labute approximate surface area is 256 Å². The van der Waals surface area contributed by atoms with Crippen LogP contribution in [0.25, 0.3) is 21.9 Å². The van der Waals surface area contributed by atoms with Crippen LogP contribution in [0, 0.1) is 5.92 Å². The molecule has 0 atom stereocenters. The fourth-order valence-corrected chi connectivity index (χ4v) is 6.24. The molecular formula is C33H31N3O6S2. The molecule has 0 spiro atoms. The zero-order valence-corrected chi connectivity index (χ0v) is 25.9. The van der Waals surface area contributed by atoms with E-state index in [0.717, 1.165) is 28.2 Å². The van der Waals surface area contributed by atoms with Crippen molar-refractivity contribution in [1.82, 2.24) is 9.71 Å². The van der Waals surface area contributed by atoms with E-state index in [2.05, 4.69) is 15.0 Å². The van der Waals surface area contributed by atoms with Crippen molar-refractivity contribution < 1.29 is 26.4 Å². The van der Waals surface area contributed by atoms with Crippen LogP contribution >= 0.6 is 0 Å². The van der Waals surface area contributed by atoms with Crippen molar-refractivity contribution in [2.24, 2.45) is 5.92 Å². The number of hydrogen-bond donors (Lipinski definition) is 2. The molecule has 44 heavy (non-hydrogen) atoms. The molecule has 0 aliphatic rings. The van der Waals surface area contributed by atoms with Crippen LogP contribution in [0.3, 0.4) is 0 Å². The Morgan fingerprint density at radius 1 is 0.795 bits per heavy atom. The third-order valence-corrected chi connectivity index (χ3v) is 9.34. The summed E-state index contributed by atoms with van der Waals surface area (Å²) in [6, 6.07) is 24.9. The lowest BCUT2D eigenvalue weighted by Gasteiger charge is -2.14. The Morgan fingerprint density at radius 3 is 2.11 bits per heavy atom. The number of sulfone groups is 1. The second-order valence-electron chi connectivity index (χ2n) is 10.7. The van der Waals surface area contributed by atoms with E-state index in [4.69, 9.17) is 4.74 Å². The normalized spacial score (nSPS) is 11.9. The van der Waals surface area contributed by atoms with Crippen molar-refractivity contribution in [2.75, 3.05) is 18.1 Å². The molecule has 226 valence electrons. The average molecular weight is 630 g/mol. The lowest BCUT2D eigenvalue weighted by molar-refractivity contribution is 0.102. The fraction of sp³-hybridized carbons (Fsp3) is 0.152. The summed E-state index contributed by atoms with van der Waals surface area (Å²) in [6.45, 7) is 4.21. The Bertz CT molecular complexity index is 2040. The van der Waals surface area contributed by atoms with Gasteiger partial charge in [0.05, 0.1) is 15.5 Å². The maximum Gasteiger partial charge on any atom is 0.255 e. The van der Waals surface area contributed by atoms with E-state index in [1.54, 1.807) is 73.1 Å². The van der Waals surface area contributed by atoms with Gasteiger partial charge in [-0.25, -0.2) is 21.6 Å². The van der Waals surface area contributed by atoms with Gasteiger partial charge in [-0.15, -0.1) is 0 Å². The van der Waals surface area contributed by atoms with Crippen molar-refractivity contribution in [2.45, 2.75) is 23.6 Å². The van der Waals surface area contributed by atoms with Crippen LogP contribution in [0.15, 0.2) is 113 Å². The number of anilines is 1. The average Bonchev–Trinajstić information content (AvgIpc) is 3.00. The smallest absolute Gasteiger partial charge is 0.255 e. The number of sulfonamides is 1. The highest BCUT2D eigenvalue weighted by atomic mass is 32.2. The van der Waals surface area contributed by atoms with E-state index in [9.17, 15) is 21.6 Å². The summed E-state index contributed by atoms with van der Waals surface area (Å²) < 4.78 is 58.2. The van der Waals surface area contributed by atoms with E-state index >= 15 is 0 Å². The van der Waals surface area contributed by atoms with Crippen LogP contribution in [0.4, 0.5) is 5.69 Å². The summed E-state index contributed by atoms with van der Waals surface area (Å²) in [4.78, 5) is 17.6. The van der Waals surface area contributed by atoms with Gasteiger partial charge in [0.15, 0.2) is 15.6 Å². The Morgan fingerprint density at radius 2 is 1.45 bits per heavy atom. The number of aromatic nitrogens is 1. The quantitative estimate of drug-likeness (QED) is 0.186. The van der Waals surface area contributed by atoms with E-state index < -0.39 is 25.8 Å². The van der Waals surface area contributed by atoms with Crippen LogP contribution in [0.2, 0.25) is 0 Å². The maximum atomic E-state index is 13.3. The number of benzene rings is 4. The number of pyridine rings is 1. The first-order valence-corrected chi connectivity index (χ1v) is 17.1. The number of carbonyl (C=O) groups excluding carboxylic acids is 1. The number of ether oxygens (including phenoxy) is 1. The molecule has 1 aromatic heterocycles. The second kappa shape index (κ2) is 12.6. The summed E-state index contributed by atoms with van der Waals surface area (Å²) in [5.41, 5.74) is 2.09.